The average molecular weight is 1840 g/mol. The van der Waals surface area contributed by atoms with Gasteiger partial charge < -0.3 is 34.6 Å². The molecule has 12 rings (SSSR count). The van der Waals surface area contributed by atoms with Crippen molar-refractivity contribution in [1.29, 1.82) is 21.0 Å². The summed E-state index contributed by atoms with van der Waals surface area (Å²) in [5.41, 5.74) is 1.15. The van der Waals surface area contributed by atoms with Gasteiger partial charge in [-0.25, -0.2) is 51.9 Å². The lowest BCUT2D eigenvalue weighted by atomic mass is 9.74. The molecule has 3 amide bonds. The van der Waals surface area contributed by atoms with E-state index in [4.69, 9.17) is 19.8 Å². The topological polar surface area (TPSA) is 301 Å². The number of hydrogen-bond acceptors (Lipinski definition) is 17. The highest BCUT2D eigenvalue weighted by atomic mass is 79.9. The van der Waals surface area contributed by atoms with E-state index in [1.807, 2.05) is 61.5 Å². The molecule has 0 radical (unpaired) electrons. The molecule has 4 fully saturated rings. The zero-order valence-electron chi connectivity index (χ0n) is 66.9. The summed E-state index contributed by atoms with van der Waals surface area (Å²) in [6.45, 7) is 19.3. The number of carbonyl (C=O) groups excluding carboxylic acids is 3. The lowest BCUT2D eigenvalue weighted by molar-refractivity contribution is -0.139. The third kappa shape index (κ3) is 34.4. The van der Waals surface area contributed by atoms with E-state index in [-0.39, 0.29) is 152 Å². The number of piperidine rings is 4. The summed E-state index contributed by atoms with van der Waals surface area (Å²) in [5, 5.41) is 49.9. The van der Waals surface area contributed by atoms with Gasteiger partial charge in [0.1, 0.15) is 58.5 Å². The first-order valence-corrected chi connectivity index (χ1v) is 38.8. The second kappa shape index (κ2) is 51.3. The zero-order chi connectivity index (χ0) is 86.8. The number of pyridine rings is 2. The second-order valence-electron chi connectivity index (χ2n) is 30.8. The van der Waals surface area contributed by atoms with Crippen LogP contribution in [0.2, 0.25) is 0 Å². The van der Waals surface area contributed by atoms with Gasteiger partial charge in [-0.3, -0.25) is 14.8 Å². The number of aromatic carboxylic acids is 1. The van der Waals surface area contributed by atoms with E-state index in [0.29, 0.717) is 85.9 Å². The molecule has 0 saturated carbocycles. The molecular weight excluding hydrogens is 1720 g/mol. The van der Waals surface area contributed by atoms with Gasteiger partial charge in [0.05, 0.1) is 74.2 Å². The highest BCUT2D eigenvalue weighted by Crippen LogP contribution is 2.42. The Hall–Kier alpha value is -11.2. The van der Waals surface area contributed by atoms with Crippen LogP contribution >= 0.6 is 28.3 Å². The summed E-state index contributed by atoms with van der Waals surface area (Å²) >= 11 is 2.90. The minimum Gasteiger partial charge on any atom is -0.478 e. The summed E-state index contributed by atoms with van der Waals surface area (Å²) in [6.07, 6.45) is 5.02. The highest BCUT2D eigenvalue weighted by Gasteiger charge is 2.43. The second-order valence-corrected chi connectivity index (χ2v) is 31.3. The van der Waals surface area contributed by atoms with Crippen LogP contribution in [0.15, 0.2) is 147 Å². The largest absolute Gasteiger partial charge is 0.478 e. The van der Waals surface area contributed by atoms with Gasteiger partial charge in [-0.2, -0.15) is 47.4 Å². The average Bonchev–Trinajstić information content (AvgIpc) is 0.790. The van der Waals surface area contributed by atoms with E-state index in [2.05, 4.69) is 75.4 Å². The van der Waals surface area contributed by atoms with Crippen LogP contribution in [-0.4, -0.2) is 137 Å². The fraction of sp³-hybridized carbons (Fsp3) is 0.457. The van der Waals surface area contributed by atoms with Crippen molar-refractivity contribution in [1.82, 2.24) is 49.9 Å². The molecule has 4 saturated heterocycles. The zero-order valence-corrected chi connectivity index (χ0v) is 69.3. The minimum atomic E-state index is -4.73. The molecule has 33 heteroatoms. The number of rotatable bonds is 11. The maximum Gasteiger partial charge on any atom is 0.416 e. The number of halogens is 12. The number of amides is 3. The van der Waals surface area contributed by atoms with Crippen LogP contribution in [0.25, 0.3) is 22.8 Å². The van der Waals surface area contributed by atoms with Crippen LogP contribution < -0.4 is 5.32 Å². The Bertz CT molecular complexity index is 4910. The molecular formula is C92H116BrClF10N14O7. The van der Waals surface area contributed by atoms with Crippen molar-refractivity contribution >= 4 is 52.4 Å². The molecule has 0 aliphatic carbocycles. The Morgan fingerprint density at radius 3 is 1.20 bits per heavy atom. The molecule has 680 valence electrons. The molecule has 2 N–H and O–H groups in total. The Morgan fingerprint density at radius 1 is 0.488 bits per heavy atom. The molecule has 8 aromatic rings. The third-order valence-corrected chi connectivity index (χ3v) is 20.4. The molecule has 4 aromatic heterocycles. The van der Waals surface area contributed by atoms with E-state index in [0.717, 1.165) is 91.7 Å². The first-order valence-electron chi connectivity index (χ1n) is 37.7. The van der Waals surface area contributed by atoms with Crippen molar-refractivity contribution in [2.75, 3.05) is 52.4 Å². The summed E-state index contributed by atoms with van der Waals surface area (Å²) in [4.78, 5) is 76.8. The minimum absolute atomic E-state index is 0. The molecule has 125 heavy (non-hydrogen) atoms. The number of ether oxygens (including phenoxy) is 2. The van der Waals surface area contributed by atoms with Gasteiger partial charge in [0.2, 0.25) is 0 Å². The number of nitrogens with one attached hydrogen (secondary N) is 1. The summed E-state index contributed by atoms with van der Waals surface area (Å²) in [6, 6.07) is 33.5. The monoisotopic (exact) mass is 1830 g/mol. The Kier molecular flexibility index (Phi) is 46.7. The van der Waals surface area contributed by atoms with Crippen LogP contribution in [0.4, 0.5) is 53.5 Å². The van der Waals surface area contributed by atoms with E-state index in [9.17, 15) is 78.9 Å². The molecule has 4 aliphatic heterocycles. The fourth-order valence-corrected chi connectivity index (χ4v) is 13.8. The van der Waals surface area contributed by atoms with Crippen LogP contribution in [-0.2, 0) is 46.4 Å². The van der Waals surface area contributed by atoms with Crippen molar-refractivity contribution in [3.05, 3.63) is 226 Å². The standard InChI is InChI=1S/C24H19F4N5O.C19H25FN2O2.C14H17FN2.C11H18N2O2.C10H7N3O2.C8H5BrF4.6CH4.ClH/c25-17-4-3-16(19(12-17)24(26,27)28)13-23(14-29)6-10-33(11-7-23)22(34)18-2-1-8-31-21(18)20-5-9-30-15-32-20;1-14-11-16(20)6-5-15(14)12-19(13-21)7-9-22(10-8-19)17(23)24-18(2,3)4;1-11-8-13(15)3-2-12(11)9-14(10-16)4-6-17-7-5-14;1-11(2,3)15-10(14)13-6-4-9(8-12)5-7-13;14-10(15)7-2-1-4-12-9(7)8-3-5-11-6-13-8;9-4-5-1-2-6(10)3-7(5)8(11,12)13;;;;;;;/h1-5,8-9,12,15H,6-7,10-11,13H2;5-6,11H,7-10,12H2,1-4H3;2-3,8,17H,4-7,9H2,1H3;9H,4-7H2,1-3H3;1-6H,(H,14,15);1-3H,4H2;6*1H4;1H. The number of carboxylic acid groups (broad SMARTS) is 1. The van der Waals surface area contributed by atoms with Gasteiger partial charge in [0.25, 0.3) is 5.91 Å². The van der Waals surface area contributed by atoms with Crippen LogP contribution in [0.1, 0.15) is 203 Å². The summed E-state index contributed by atoms with van der Waals surface area (Å²) in [7, 11) is 0. The number of likely N-dealkylation sites (tertiary alicyclic amines) is 3. The molecule has 4 aromatic carbocycles. The Morgan fingerprint density at radius 2 is 0.840 bits per heavy atom. The molecule has 0 atom stereocenters. The molecule has 8 heterocycles. The lowest BCUT2D eigenvalue weighted by Crippen LogP contribution is -2.45. The first-order chi connectivity index (χ1) is 55.7. The molecule has 0 spiro atoms. The predicted molar refractivity (Wildman–Crippen MR) is 469 cm³/mol. The number of nitriles is 4. The van der Waals surface area contributed by atoms with E-state index in [1.54, 1.807) is 69.6 Å². The number of carboxylic acids is 1. The van der Waals surface area contributed by atoms with E-state index < -0.39 is 63.1 Å². The van der Waals surface area contributed by atoms with Crippen molar-refractivity contribution in [3.63, 3.8) is 0 Å². The molecule has 0 unspecified atom stereocenters. The summed E-state index contributed by atoms with van der Waals surface area (Å²) < 4.78 is 140. The third-order valence-electron chi connectivity index (χ3n) is 19.8. The van der Waals surface area contributed by atoms with Crippen LogP contribution in [0, 0.1) is 105 Å². The van der Waals surface area contributed by atoms with Crippen LogP contribution in [0.5, 0.6) is 0 Å². The maximum absolute atomic E-state index is 13.5. The molecule has 0 bridgehead atoms. The lowest BCUT2D eigenvalue weighted by Gasteiger charge is -2.38. The van der Waals surface area contributed by atoms with E-state index >= 15 is 0 Å². The SMILES string of the molecule is C.C.C.C.C.C.CC(C)(C)OC(=O)N1CCC(C#N)CC1.Cc1cc(F)ccc1CC1(C#N)CCN(C(=O)OC(C)(C)C)CC1.Cc1cc(F)ccc1CC1(C#N)CCNCC1.Cl.Fc1ccc(CBr)c(C(F)(F)F)c1.N#CC1(Cc2ccc(F)cc2C(F)(F)F)CCN(C(=O)c2cccnc2-c2ccncn2)CC1.O=C(O)c1cccnc1-c1ccncn1. The maximum atomic E-state index is 13.5. The number of aromatic nitrogens is 6. The van der Waals surface area contributed by atoms with E-state index in [1.165, 1.54) is 49.3 Å². The van der Waals surface area contributed by atoms with Gasteiger partial charge in [0, 0.05) is 75.3 Å². The normalized spacial score (nSPS) is 14.7. The fourth-order valence-electron chi connectivity index (χ4n) is 13.3. The number of benzene rings is 4. The Labute approximate surface area is 743 Å². The number of nitrogens with zero attached hydrogens (tertiary/aromatic N) is 13. The van der Waals surface area contributed by atoms with Crippen molar-refractivity contribution in [3.8, 4) is 47.1 Å². The van der Waals surface area contributed by atoms with Gasteiger partial charge >= 0.3 is 30.5 Å². The first kappa shape index (κ1) is 114. The molecule has 21 nitrogen and oxygen atoms in total. The summed E-state index contributed by atoms with van der Waals surface area (Å²) in [5.74, 6) is -3.55. The number of hydrogen-bond donors (Lipinski definition) is 2. The molecule has 4 aliphatic rings. The van der Waals surface area contributed by atoms with Gasteiger partial charge in [-0.15, -0.1) is 12.4 Å². The number of alkyl halides is 7. The smallest absolute Gasteiger partial charge is 0.416 e. The predicted octanol–water partition coefficient (Wildman–Crippen LogP) is 22.8. The number of carbonyl (C=O) groups is 4. The Balaban J connectivity index is 0.00000151. The van der Waals surface area contributed by atoms with Crippen LogP contribution in [0.3, 0.4) is 0 Å². The van der Waals surface area contributed by atoms with Crippen molar-refractivity contribution in [2.24, 2.45) is 22.2 Å². The van der Waals surface area contributed by atoms with Crippen molar-refractivity contribution < 1.29 is 77.7 Å². The highest BCUT2D eigenvalue weighted by molar-refractivity contribution is 9.08. The van der Waals surface area contributed by atoms with Crippen molar-refractivity contribution in [2.45, 2.75) is 199 Å². The van der Waals surface area contributed by atoms with Gasteiger partial charge in [0.15, 0.2) is 0 Å². The van der Waals surface area contributed by atoms with Gasteiger partial charge in [-0.05, 0) is 257 Å². The quantitative estimate of drug-likeness (QED) is 0.0898. The number of aryl methyl sites for hydroxylation is 2. The van der Waals surface area contributed by atoms with Gasteiger partial charge in [-0.1, -0.05) is 84.8 Å².